The lowest BCUT2D eigenvalue weighted by atomic mass is 10.1. The Balaban J connectivity index is 1.44. The van der Waals surface area contributed by atoms with Crippen molar-refractivity contribution in [3.63, 3.8) is 0 Å². The summed E-state index contributed by atoms with van der Waals surface area (Å²) in [6.07, 6.45) is 2.20. The third-order valence-corrected chi connectivity index (χ3v) is 6.23. The fourth-order valence-corrected chi connectivity index (χ4v) is 4.48. The average Bonchev–Trinajstić information content (AvgIpc) is 3.10. The van der Waals surface area contributed by atoms with Gasteiger partial charge in [-0.15, -0.1) is 0 Å². The van der Waals surface area contributed by atoms with Crippen LogP contribution in [0.4, 0.5) is 0 Å². The summed E-state index contributed by atoms with van der Waals surface area (Å²) in [7, 11) is 1.73. The number of hydrogen-bond donors (Lipinski definition) is 0. The molecule has 0 N–H and O–H groups in total. The number of fused-ring (bicyclic) bond motifs is 1. The van der Waals surface area contributed by atoms with Gasteiger partial charge in [-0.3, -0.25) is 14.5 Å². The number of pyridine rings is 1. The third-order valence-electron chi connectivity index (χ3n) is 6.23. The first kappa shape index (κ1) is 18.0. The van der Waals surface area contributed by atoms with Gasteiger partial charge in [0.2, 0.25) is 0 Å². The number of rotatable bonds is 2. The van der Waals surface area contributed by atoms with Crippen molar-refractivity contribution in [1.82, 2.24) is 14.4 Å². The summed E-state index contributed by atoms with van der Waals surface area (Å²) in [6, 6.07) is 11.1. The van der Waals surface area contributed by atoms with Crippen LogP contribution < -0.4 is 5.56 Å². The quantitative estimate of drug-likeness (QED) is 0.817. The number of hydrogen-bond acceptors (Lipinski definition) is 3. The molecule has 1 saturated heterocycles. The van der Waals surface area contributed by atoms with Crippen molar-refractivity contribution in [2.45, 2.75) is 32.7 Å². The molecule has 0 atom stereocenters. The van der Waals surface area contributed by atoms with Gasteiger partial charge >= 0.3 is 0 Å². The van der Waals surface area contributed by atoms with E-state index in [9.17, 15) is 9.59 Å². The van der Waals surface area contributed by atoms with E-state index in [1.54, 1.807) is 11.6 Å². The largest absolute Gasteiger partial charge is 0.336 e. The van der Waals surface area contributed by atoms with E-state index in [1.807, 2.05) is 24.8 Å². The standard InChI is InChI=1S/C22H27N3O2/c1-15-12-16(2)23(3)21(26)20(15)22(27)25-10-8-24(9-11-25)19-13-17-6-4-5-7-18(17)14-19/h4-7,12,19H,8-11,13-14H2,1-3H3. The summed E-state index contributed by atoms with van der Waals surface area (Å²) in [5.74, 6) is -0.123. The van der Waals surface area contributed by atoms with Crippen LogP contribution in [0.5, 0.6) is 0 Å². The second kappa shape index (κ2) is 6.97. The molecule has 2 heterocycles. The molecular formula is C22H27N3O2. The molecule has 0 bridgehead atoms. The van der Waals surface area contributed by atoms with E-state index in [2.05, 4.69) is 29.2 Å². The lowest BCUT2D eigenvalue weighted by Crippen LogP contribution is -2.53. The summed E-state index contributed by atoms with van der Waals surface area (Å²) in [4.78, 5) is 30.0. The number of nitrogens with zero attached hydrogens (tertiary/aromatic N) is 3. The van der Waals surface area contributed by atoms with E-state index in [4.69, 9.17) is 0 Å². The van der Waals surface area contributed by atoms with Crippen molar-refractivity contribution >= 4 is 5.91 Å². The minimum atomic E-state index is -0.189. The van der Waals surface area contributed by atoms with Crippen LogP contribution in [0.2, 0.25) is 0 Å². The Kier molecular flexibility index (Phi) is 4.64. The molecule has 1 aliphatic carbocycles. The molecule has 0 unspecified atom stereocenters. The maximum absolute atomic E-state index is 13.0. The molecule has 1 aromatic carbocycles. The van der Waals surface area contributed by atoms with Crippen molar-refractivity contribution < 1.29 is 4.79 Å². The predicted molar refractivity (Wildman–Crippen MR) is 106 cm³/mol. The smallest absolute Gasteiger partial charge is 0.263 e. The number of benzene rings is 1. The van der Waals surface area contributed by atoms with Crippen molar-refractivity contribution in [2.24, 2.45) is 7.05 Å². The molecule has 142 valence electrons. The number of carbonyl (C=O) groups excluding carboxylic acids is 1. The van der Waals surface area contributed by atoms with Gasteiger partial charge in [-0.25, -0.2) is 0 Å². The fourth-order valence-electron chi connectivity index (χ4n) is 4.48. The summed E-state index contributed by atoms with van der Waals surface area (Å²) in [6.45, 7) is 6.85. The molecule has 0 radical (unpaired) electrons. The number of aryl methyl sites for hydroxylation is 2. The molecule has 1 aromatic heterocycles. The van der Waals surface area contributed by atoms with Crippen LogP contribution in [-0.2, 0) is 19.9 Å². The Morgan fingerprint density at radius 2 is 1.59 bits per heavy atom. The zero-order valence-electron chi connectivity index (χ0n) is 16.4. The fraction of sp³-hybridized carbons (Fsp3) is 0.455. The number of amides is 1. The van der Waals surface area contributed by atoms with Crippen LogP contribution in [-0.4, -0.2) is 52.5 Å². The van der Waals surface area contributed by atoms with Gasteiger partial charge in [-0.05, 0) is 49.4 Å². The Bertz CT molecular complexity index is 914. The van der Waals surface area contributed by atoms with Gasteiger partial charge in [0.1, 0.15) is 5.56 Å². The zero-order valence-corrected chi connectivity index (χ0v) is 16.4. The molecule has 0 spiro atoms. The normalized spacial score (nSPS) is 18.0. The molecule has 27 heavy (non-hydrogen) atoms. The van der Waals surface area contributed by atoms with E-state index < -0.39 is 0 Å². The van der Waals surface area contributed by atoms with Crippen molar-refractivity contribution in [2.75, 3.05) is 26.2 Å². The molecule has 5 nitrogen and oxygen atoms in total. The maximum Gasteiger partial charge on any atom is 0.263 e. The highest BCUT2D eigenvalue weighted by Crippen LogP contribution is 2.26. The summed E-state index contributed by atoms with van der Waals surface area (Å²) >= 11 is 0. The van der Waals surface area contributed by atoms with Crippen molar-refractivity contribution in [3.05, 3.63) is 68.6 Å². The Hall–Kier alpha value is -2.40. The van der Waals surface area contributed by atoms with Crippen LogP contribution >= 0.6 is 0 Å². The lowest BCUT2D eigenvalue weighted by Gasteiger charge is -2.38. The molecule has 1 aliphatic heterocycles. The monoisotopic (exact) mass is 365 g/mol. The first-order valence-corrected chi connectivity index (χ1v) is 9.73. The summed E-state index contributed by atoms with van der Waals surface area (Å²) in [5.41, 5.74) is 4.70. The van der Waals surface area contributed by atoms with Crippen LogP contribution in [0.25, 0.3) is 0 Å². The average molecular weight is 365 g/mol. The van der Waals surface area contributed by atoms with E-state index in [0.29, 0.717) is 24.7 Å². The van der Waals surface area contributed by atoms with E-state index in [1.165, 1.54) is 11.1 Å². The van der Waals surface area contributed by atoms with Gasteiger partial charge < -0.3 is 9.47 Å². The molecule has 2 aliphatic rings. The Morgan fingerprint density at radius 1 is 1.00 bits per heavy atom. The van der Waals surface area contributed by atoms with Crippen molar-refractivity contribution in [3.8, 4) is 0 Å². The van der Waals surface area contributed by atoms with Crippen LogP contribution in [0, 0.1) is 13.8 Å². The van der Waals surface area contributed by atoms with Gasteiger partial charge in [0.25, 0.3) is 11.5 Å². The first-order valence-electron chi connectivity index (χ1n) is 9.73. The predicted octanol–water partition coefficient (Wildman–Crippen LogP) is 1.93. The van der Waals surface area contributed by atoms with Gasteiger partial charge in [-0.1, -0.05) is 24.3 Å². The molecule has 5 heteroatoms. The minimum absolute atomic E-state index is 0.123. The van der Waals surface area contributed by atoms with E-state index >= 15 is 0 Å². The highest BCUT2D eigenvalue weighted by molar-refractivity contribution is 5.95. The maximum atomic E-state index is 13.0. The lowest BCUT2D eigenvalue weighted by molar-refractivity contribution is 0.0573. The van der Waals surface area contributed by atoms with Gasteiger partial charge in [0, 0.05) is 45.0 Å². The van der Waals surface area contributed by atoms with Crippen LogP contribution in [0.15, 0.2) is 35.1 Å². The van der Waals surface area contributed by atoms with Gasteiger partial charge in [0.05, 0.1) is 0 Å². The third kappa shape index (κ3) is 3.21. The topological polar surface area (TPSA) is 45.6 Å². The van der Waals surface area contributed by atoms with Crippen LogP contribution in [0.1, 0.15) is 32.7 Å². The van der Waals surface area contributed by atoms with Crippen molar-refractivity contribution in [1.29, 1.82) is 0 Å². The summed E-state index contributed by atoms with van der Waals surface area (Å²) < 4.78 is 1.56. The Labute approximate surface area is 160 Å². The van der Waals surface area contributed by atoms with Gasteiger partial charge in [-0.2, -0.15) is 0 Å². The molecule has 1 amide bonds. The van der Waals surface area contributed by atoms with E-state index in [0.717, 1.165) is 37.2 Å². The number of aromatic nitrogens is 1. The highest BCUT2D eigenvalue weighted by atomic mass is 16.2. The van der Waals surface area contributed by atoms with Crippen LogP contribution in [0.3, 0.4) is 0 Å². The number of carbonyl (C=O) groups is 1. The molecule has 2 aromatic rings. The number of piperazine rings is 1. The Morgan fingerprint density at radius 3 is 2.19 bits per heavy atom. The SMILES string of the molecule is Cc1cc(C)n(C)c(=O)c1C(=O)N1CCN(C2Cc3ccccc3C2)CC1. The molecular weight excluding hydrogens is 338 g/mol. The minimum Gasteiger partial charge on any atom is -0.336 e. The first-order chi connectivity index (χ1) is 13.0. The van der Waals surface area contributed by atoms with Gasteiger partial charge in [0.15, 0.2) is 0 Å². The molecule has 4 rings (SSSR count). The highest BCUT2D eigenvalue weighted by Gasteiger charge is 2.31. The van der Waals surface area contributed by atoms with E-state index in [-0.39, 0.29) is 11.5 Å². The second-order valence-electron chi connectivity index (χ2n) is 7.87. The molecule has 0 saturated carbocycles. The molecule has 1 fully saturated rings. The zero-order chi connectivity index (χ0) is 19.1. The second-order valence-corrected chi connectivity index (χ2v) is 7.87. The summed E-state index contributed by atoms with van der Waals surface area (Å²) in [5, 5.41) is 0.